The van der Waals surface area contributed by atoms with E-state index in [1.165, 1.54) is 28.7 Å². The van der Waals surface area contributed by atoms with Crippen molar-refractivity contribution >= 4 is 19.4 Å². The summed E-state index contributed by atoms with van der Waals surface area (Å²) in [4.78, 5) is 0. The Bertz CT molecular complexity index is 1590. The van der Waals surface area contributed by atoms with E-state index in [9.17, 15) is 0 Å². The standard InChI is InChI=1S/C13H9.C13H10.C11H21Si2.2ClH.Zr/c1-3-7-12-10(5-1)9-11-6-2-4-8-13(11)12;1-3-7-12(8-4-1)11-13-9-5-2-6-10-13;1-12(2,3)10-8-7-9-11(10)13(4,5)6;;;/h1-9H;1-10H;8H,9H2,1-6H3;2*1H;/q;;;;;+2/p-2. The van der Waals surface area contributed by atoms with Crippen LogP contribution in [0.4, 0.5) is 0 Å². The maximum Gasteiger partial charge on any atom is -1.00 e. The van der Waals surface area contributed by atoms with Crippen molar-refractivity contribution < 1.29 is 46.1 Å². The van der Waals surface area contributed by atoms with Gasteiger partial charge in [0.2, 0.25) is 0 Å². The fourth-order valence-electron chi connectivity index (χ4n) is 6.75. The number of benzene rings is 4. The maximum atomic E-state index is 2.78. The molecule has 0 atom stereocenters. The summed E-state index contributed by atoms with van der Waals surface area (Å²) in [5.41, 5.74) is 8.84. The van der Waals surface area contributed by atoms with Crippen molar-refractivity contribution in [2.24, 2.45) is 0 Å². The van der Waals surface area contributed by atoms with Gasteiger partial charge in [-0.2, -0.15) is 0 Å². The summed E-state index contributed by atoms with van der Waals surface area (Å²) in [6, 6.07) is 41.4. The van der Waals surface area contributed by atoms with Crippen molar-refractivity contribution in [3.63, 3.8) is 0 Å². The minimum absolute atomic E-state index is 0. The molecular formula is C37H40Cl2Si2Zr. The molecule has 2 aliphatic rings. The van der Waals surface area contributed by atoms with E-state index in [1.807, 2.05) is 5.20 Å². The molecule has 0 bridgehead atoms. The molecule has 5 heteroatoms. The molecule has 0 heterocycles. The van der Waals surface area contributed by atoms with Crippen molar-refractivity contribution in [1.82, 2.24) is 0 Å². The van der Waals surface area contributed by atoms with Crippen molar-refractivity contribution in [2.45, 2.75) is 49.3 Å². The van der Waals surface area contributed by atoms with Crippen molar-refractivity contribution in [1.29, 1.82) is 0 Å². The summed E-state index contributed by atoms with van der Waals surface area (Å²) in [5.74, 6) is 0. The third-order valence-corrected chi connectivity index (χ3v) is 21.3. The van der Waals surface area contributed by atoms with Gasteiger partial charge in [-0.3, -0.25) is 0 Å². The molecule has 0 nitrogen and oxygen atoms in total. The second-order valence-electron chi connectivity index (χ2n) is 13.4. The molecule has 0 fully saturated rings. The Morgan fingerprint density at radius 3 is 1.40 bits per heavy atom. The Kier molecular flexibility index (Phi) is 10.2. The van der Waals surface area contributed by atoms with Gasteiger partial charge in [0.1, 0.15) is 0 Å². The van der Waals surface area contributed by atoms with E-state index in [4.69, 9.17) is 0 Å². The molecule has 0 spiro atoms. The van der Waals surface area contributed by atoms with Crippen molar-refractivity contribution in [2.75, 3.05) is 0 Å². The molecule has 0 amide bonds. The van der Waals surface area contributed by atoms with Crippen LogP contribution in [0.2, 0.25) is 39.3 Å². The fraction of sp³-hybridized carbons (Fsp3) is 0.216. The Labute approximate surface area is 275 Å². The first-order valence-corrected chi connectivity index (χ1v) is 25.5. The van der Waals surface area contributed by atoms with Gasteiger partial charge < -0.3 is 24.8 Å². The van der Waals surface area contributed by atoms with Gasteiger partial charge in [-0.25, -0.2) is 0 Å². The van der Waals surface area contributed by atoms with Crippen molar-refractivity contribution in [3.8, 4) is 11.1 Å². The minimum Gasteiger partial charge on any atom is -1.00 e. The predicted molar refractivity (Wildman–Crippen MR) is 176 cm³/mol. The number of allylic oxidation sites excluding steroid dienone is 4. The monoisotopic (exact) mass is 700 g/mol. The molecule has 2 aliphatic carbocycles. The Balaban J connectivity index is 0.00000202. The van der Waals surface area contributed by atoms with Crippen LogP contribution in [0.15, 0.2) is 129 Å². The molecule has 6 rings (SSSR count). The third-order valence-electron chi connectivity index (χ3n) is 8.59. The van der Waals surface area contributed by atoms with Crippen LogP contribution in [-0.4, -0.2) is 19.4 Å². The van der Waals surface area contributed by atoms with Gasteiger partial charge in [-0.15, -0.1) is 0 Å². The number of fused-ring (bicyclic) bond motifs is 3. The molecule has 0 N–H and O–H groups in total. The Morgan fingerprint density at radius 1 is 0.571 bits per heavy atom. The van der Waals surface area contributed by atoms with Gasteiger partial charge >= 0.3 is 252 Å². The molecule has 0 aliphatic heterocycles. The van der Waals surface area contributed by atoms with Crippen LogP contribution in [0.5, 0.6) is 0 Å². The fourth-order valence-corrected chi connectivity index (χ4v) is 22.2. The van der Waals surface area contributed by atoms with E-state index in [1.54, 1.807) is 22.8 Å². The quantitative estimate of drug-likeness (QED) is 0.267. The molecular weight excluding hydrogens is 663 g/mol. The first kappa shape index (κ1) is 33.0. The smallest absolute Gasteiger partial charge is 1.00 e. The van der Waals surface area contributed by atoms with Gasteiger partial charge in [0, 0.05) is 0 Å². The summed E-state index contributed by atoms with van der Waals surface area (Å²) in [5, 5.41) is 3.60. The van der Waals surface area contributed by atoms with Crippen LogP contribution in [0, 0.1) is 0 Å². The van der Waals surface area contributed by atoms with E-state index in [-0.39, 0.29) is 24.8 Å². The normalized spacial score (nSPS) is 14.2. The van der Waals surface area contributed by atoms with Crippen LogP contribution < -0.4 is 24.8 Å². The zero-order valence-electron chi connectivity index (χ0n) is 25.5. The number of rotatable bonds is 6. The van der Waals surface area contributed by atoms with Crippen molar-refractivity contribution in [3.05, 3.63) is 151 Å². The van der Waals surface area contributed by atoms with E-state index in [2.05, 4.69) is 155 Å². The third kappa shape index (κ3) is 6.19. The van der Waals surface area contributed by atoms with E-state index < -0.39 is 37.4 Å². The number of halogens is 2. The van der Waals surface area contributed by atoms with Gasteiger partial charge in [-0.05, 0) is 0 Å². The SMILES string of the molecule is C[Si](C)(C)C1=C([Si](C)(C)C)C[C]([Zr+2](=[C](c2ccccc2)c2ccccc2)[CH]2c3ccccc3-c3ccccc32)=C1.[Cl-].[Cl-]. The Morgan fingerprint density at radius 2 is 1.00 bits per heavy atom. The summed E-state index contributed by atoms with van der Waals surface area (Å²) >= 11 is -2.68. The molecule has 214 valence electrons. The Hall–Kier alpha value is -1.87. The molecule has 0 saturated heterocycles. The average molecular weight is 703 g/mol. The van der Waals surface area contributed by atoms with Crippen LogP contribution >= 0.6 is 0 Å². The predicted octanol–water partition coefficient (Wildman–Crippen LogP) is 3.99. The molecule has 42 heavy (non-hydrogen) atoms. The number of hydrogen-bond donors (Lipinski definition) is 0. The molecule has 0 aromatic heterocycles. The van der Waals surface area contributed by atoms with Gasteiger partial charge in [0.05, 0.1) is 0 Å². The minimum atomic E-state index is -2.68. The molecule has 0 saturated carbocycles. The molecule has 4 aromatic rings. The second kappa shape index (κ2) is 13.0. The van der Waals surface area contributed by atoms with Crippen LogP contribution in [0.1, 0.15) is 32.3 Å². The molecule has 0 radical (unpaired) electrons. The maximum absolute atomic E-state index is 2.78. The van der Waals surface area contributed by atoms with Gasteiger partial charge in [-0.1, -0.05) is 0 Å². The van der Waals surface area contributed by atoms with Gasteiger partial charge in [0.15, 0.2) is 0 Å². The topological polar surface area (TPSA) is 0 Å². The van der Waals surface area contributed by atoms with Crippen LogP contribution in [-0.2, 0) is 21.3 Å². The summed E-state index contributed by atoms with van der Waals surface area (Å²) in [6.45, 7) is 15.4. The summed E-state index contributed by atoms with van der Waals surface area (Å²) in [7, 11) is -2.98. The zero-order valence-corrected chi connectivity index (χ0v) is 31.5. The summed E-state index contributed by atoms with van der Waals surface area (Å²) < 4.78 is 3.93. The van der Waals surface area contributed by atoms with Gasteiger partial charge in [0.25, 0.3) is 0 Å². The summed E-state index contributed by atoms with van der Waals surface area (Å²) in [6.07, 6.45) is 3.98. The van der Waals surface area contributed by atoms with E-state index in [0.29, 0.717) is 3.63 Å². The van der Waals surface area contributed by atoms with E-state index in [0.717, 1.165) is 0 Å². The van der Waals surface area contributed by atoms with Crippen LogP contribution in [0.25, 0.3) is 11.1 Å². The van der Waals surface area contributed by atoms with E-state index >= 15 is 0 Å². The second-order valence-corrected chi connectivity index (χ2v) is 29.8. The molecule has 4 aromatic carbocycles. The first-order valence-electron chi connectivity index (χ1n) is 14.6. The average Bonchev–Trinajstić information content (AvgIpc) is 3.54. The van der Waals surface area contributed by atoms with Crippen LogP contribution in [0.3, 0.4) is 0 Å². The zero-order chi connectivity index (χ0) is 28.1. The number of hydrogen-bond acceptors (Lipinski definition) is 0. The molecule has 0 unspecified atom stereocenters. The first-order chi connectivity index (χ1) is 19.1. The largest absolute Gasteiger partial charge is 1.00 e.